The molecule has 166 valence electrons. The van der Waals surface area contributed by atoms with Crippen molar-refractivity contribution in [3.8, 4) is 5.75 Å². The van der Waals surface area contributed by atoms with Crippen LogP contribution >= 0.6 is 0 Å². The van der Waals surface area contributed by atoms with Gasteiger partial charge in [0.25, 0.3) is 0 Å². The highest BCUT2D eigenvalue weighted by molar-refractivity contribution is 7.96. The van der Waals surface area contributed by atoms with Gasteiger partial charge in [-0.2, -0.15) is 0 Å². The van der Waals surface area contributed by atoms with Gasteiger partial charge in [0.15, 0.2) is 19.7 Å². The van der Waals surface area contributed by atoms with Crippen molar-refractivity contribution in [1.82, 2.24) is 10.2 Å². The second kappa shape index (κ2) is 8.70. The molecule has 0 aliphatic carbocycles. The van der Waals surface area contributed by atoms with Crippen LogP contribution in [0.3, 0.4) is 0 Å². The van der Waals surface area contributed by atoms with Crippen molar-refractivity contribution in [3.63, 3.8) is 0 Å². The summed E-state index contributed by atoms with van der Waals surface area (Å²) in [5, 5.41) is 2.12. The number of hydrogen-bond donors (Lipinski definition) is 1. The summed E-state index contributed by atoms with van der Waals surface area (Å²) >= 11 is 0. The number of furan rings is 1. The summed E-state index contributed by atoms with van der Waals surface area (Å²) in [6, 6.07) is 7.34. The van der Waals surface area contributed by atoms with Crippen LogP contribution in [-0.2, 0) is 19.7 Å². The Labute approximate surface area is 178 Å². The van der Waals surface area contributed by atoms with E-state index in [4.69, 9.17) is 9.15 Å². The third-order valence-corrected chi connectivity index (χ3v) is 9.61. The lowest BCUT2D eigenvalue weighted by molar-refractivity contribution is 0.245. The van der Waals surface area contributed by atoms with Gasteiger partial charge >= 0.3 is 0 Å². The quantitative estimate of drug-likeness (QED) is 0.636. The van der Waals surface area contributed by atoms with Crippen LogP contribution in [0, 0.1) is 6.92 Å². The summed E-state index contributed by atoms with van der Waals surface area (Å²) in [5.41, 5.74) is 0.675. The van der Waals surface area contributed by atoms with E-state index in [2.05, 4.69) is 5.32 Å². The number of nitrogens with one attached hydrogen (secondary N) is 1. The number of benzene rings is 1. The molecule has 0 amide bonds. The van der Waals surface area contributed by atoms with Crippen LogP contribution in [0.1, 0.15) is 17.4 Å². The van der Waals surface area contributed by atoms with Gasteiger partial charge in [0, 0.05) is 12.6 Å². The number of nitrogens with zero attached hydrogens (tertiary/aromatic N) is 1. The Morgan fingerprint density at radius 1 is 1.27 bits per heavy atom. The molecule has 1 unspecified atom stereocenters. The first-order valence-electron chi connectivity index (χ1n) is 9.57. The Morgan fingerprint density at radius 3 is 2.57 bits per heavy atom. The molecule has 30 heavy (non-hydrogen) atoms. The molecule has 0 saturated carbocycles. The zero-order valence-electron chi connectivity index (χ0n) is 17.5. The van der Waals surface area contributed by atoms with Gasteiger partial charge in [-0.1, -0.05) is 0 Å². The fourth-order valence-electron chi connectivity index (χ4n) is 3.80. The minimum Gasteiger partial charge on any atom is -0.496 e. The third kappa shape index (κ3) is 4.72. The van der Waals surface area contributed by atoms with Crippen LogP contribution in [0.4, 0.5) is 0 Å². The Kier molecular flexibility index (Phi) is 6.61. The van der Waals surface area contributed by atoms with Gasteiger partial charge in [-0.15, -0.1) is 0 Å². The Morgan fingerprint density at radius 2 is 2.00 bits per heavy atom. The molecule has 1 aliphatic rings. The number of likely N-dealkylation sites (N-methyl/N-ethyl adjacent to an activating group) is 1. The van der Waals surface area contributed by atoms with Gasteiger partial charge in [-0.3, -0.25) is 4.90 Å². The first-order chi connectivity index (χ1) is 14.0. The summed E-state index contributed by atoms with van der Waals surface area (Å²) in [4.78, 5) is 2.04. The maximum absolute atomic E-state index is 13.3. The topological polar surface area (TPSA) is 106 Å². The van der Waals surface area contributed by atoms with Gasteiger partial charge in [-0.05, 0) is 56.9 Å². The van der Waals surface area contributed by atoms with Gasteiger partial charge in [0.1, 0.15) is 11.5 Å². The minimum atomic E-state index is -3.86. The van der Waals surface area contributed by atoms with Crippen molar-refractivity contribution in [3.05, 3.63) is 47.9 Å². The molecular formula is C20H28N2O6S2. The second-order valence-electron chi connectivity index (χ2n) is 7.80. The lowest BCUT2D eigenvalue weighted by Gasteiger charge is -2.26. The fraction of sp³-hybridized carbons (Fsp3) is 0.500. The molecule has 3 rings (SSSR count). The van der Waals surface area contributed by atoms with Crippen LogP contribution in [0.5, 0.6) is 5.75 Å². The van der Waals surface area contributed by atoms with Crippen LogP contribution in [0.2, 0.25) is 0 Å². The van der Waals surface area contributed by atoms with Crippen molar-refractivity contribution in [2.24, 2.45) is 0 Å². The first-order valence-corrected chi connectivity index (χ1v) is 12.9. The highest BCUT2D eigenvalue weighted by Gasteiger charge is 2.46. The summed E-state index contributed by atoms with van der Waals surface area (Å²) in [5.74, 6) is 0.684. The van der Waals surface area contributed by atoms with E-state index in [0.29, 0.717) is 17.9 Å². The molecule has 0 bridgehead atoms. The molecular weight excluding hydrogens is 428 g/mol. The molecule has 1 aromatic carbocycles. The zero-order valence-corrected chi connectivity index (χ0v) is 19.2. The molecule has 0 radical (unpaired) electrons. The molecule has 10 heteroatoms. The molecule has 0 spiro atoms. The predicted molar refractivity (Wildman–Crippen MR) is 114 cm³/mol. The number of hydrogen-bond acceptors (Lipinski definition) is 8. The Balaban J connectivity index is 1.86. The predicted octanol–water partition coefficient (Wildman–Crippen LogP) is 1.43. The van der Waals surface area contributed by atoms with E-state index in [-0.39, 0.29) is 16.7 Å². The summed E-state index contributed by atoms with van der Waals surface area (Å²) in [6.07, 6.45) is 1.57. The van der Waals surface area contributed by atoms with E-state index in [1.165, 1.54) is 19.2 Å². The van der Waals surface area contributed by atoms with E-state index >= 15 is 0 Å². The van der Waals surface area contributed by atoms with E-state index < -0.39 is 36.7 Å². The van der Waals surface area contributed by atoms with E-state index in [0.717, 1.165) is 5.76 Å². The number of sulfone groups is 2. The number of aryl methyl sites for hydroxylation is 1. The largest absolute Gasteiger partial charge is 0.496 e. The summed E-state index contributed by atoms with van der Waals surface area (Å²) in [7, 11) is -2.07. The normalized spacial score (nSPS) is 22.3. The molecule has 1 aliphatic heterocycles. The number of ether oxygens (including phenoxy) is 1. The van der Waals surface area contributed by atoms with Gasteiger partial charge in [0.2, 0.25) is 0 Å². The van der Waals surface area contributed by atoms with Crippen molar-refractivity contribution in [1.29, 1.82) is 0 Å². The maximum Gasteiger partial charge on any atom is 0.183 e. The third-order valence-electron chi connectivity index (χ3n) is 5.46. The van der Waals surface area contributed by atoms with Gasteiger partial charge in [0.05, 0.1) is 41.1 Å². The Hall–Kier alpha value is -1.88. The van der Waals surface area contributed by atoms with Crippen molar-refractivity contribution < 1.29 is 26.0 Å². The monoisotopic (exact) mass is 456 g/mol. The average Bonchev–Trinajstić information content (AvgIpc) is 3.29. The van der Waals surface area contributed by atoms with Crippen molar-refractivity contribution in [2.45, 2.75) is 29.2 Å². The fourth-order valence-corrected chi connectivity index (χ4v) is 8.60. The maximum atomic E-state index is 13.3. The average molecular weight is 457 g/mol. The molecule has 1 saturated heterocycles. The lowest BCUT2D eigenvalue weighted by atomic mass is 10.2. The molecule has 1 fully saturated rings. The van der Waals surface area contributed by atoms with E-state index in [9.17, 15) is 16.8 Å². The number of rotatable bonds is 8. The van der Waals surface area contributed by atoms with Crippen LogP contribution in [0.25, 0.3) is 0 Å². The molecule has 2 aromatic rings. The van der Waals surface area contributed by atoms with Crippen molar-refractivity contribution >= 4 is 19.7 Å². The van der Waals surface area contributed by atoms with E-state index in [1.54, 1.807) is 25.3 Å². The number of methoxy groups -OCH3 is 1. The Bertz CT molecular complexity index is 1080. The van der Waals surface area contributed by atoms with E-state index in [1.807, 2.05) is 25.1 Å². The molecule has 3 atom stereocenters. The van der Waals surface area contributed by atoms with Crippen LogP contribution in [-0.4, -0.2) is 72.3 Å². The molecule has 1 N–H and O–H groups in total. The SMILES string of the molecule is COc1ccc(S(=O)(=O)[C@H]2CS(=O)(=O)C[C@@H]2NCC(c2ccco2)N(C)C)cc1C. The van der Waals surface area contributed by atoms with Crippen LogP contribution in [0.15, 0.2) is 45.9 Å². The smallest absolute Gasteiger partial charge is 0.183 e. The minimum absolute atomic E-state index is 0.102. The lowest BCUT2D eigenvalue weighted by Crippen LogP contribution is -2.46. The molecule has 1 aromatic heterocycles. The second-order valence-corrected chi connectivity index (χ2v) is 12.1. The summed E-state index contributed by atoms with van der Waals surface area (Å²) in [6.45, 7) is 2.11. The highest BCUT2D eigenvalue weighted by Crippen LogP contribution is 2.29. The van der Waals surface area contributed by atoms with Gasteiger partial charge < -0.3 is 14.5 Å². The van der Waals surface area contributed by atoms with Gasteiger partial charge in [-0.25, -0.2) is 16.8 Å². The molecule has 8 nitrogen and oxygen atoms in total. The zero-order chi connectivity index (χ0) is 22.1. The standard InChI is InChI=1S/C20H28N2O6S2/c1-14-10-15(7-8-18(14)27-4)30(25,26)20-13-29(23,24)12-16(20)21-11-17(22(2)3)19-6-5-9-28-19/h5-10,16-17,20-21H,11-13H2,1-4H3/t16-,17?,20-/m0/s1. The molecule has 2 heterocycles. The van der Waals surface area contributed by atoms with Crippen LogP contribution < -0.4 is 10.1 Å². The van der Waals surface area contributed by atoms with Crippen molar-refractivity contribution in [2.75, 3.05) is 39.3 Å². The first kappa shape index (κ1) is 22.8. The highest BCUT2D eigenvalue weighted by atomic mass is 32.2. The summed E-state index contributed by atoms with van der Waals surface area (Å²) < 4.78 is 62.0.